The van der Waals surface area contributed by atoms with Crippen LogP contribution >= 0.6 is 0 Å². The summed E-state index contributed by atoms with van der Waals surface area (Å²) in [5, 5.41) is 0. The Kier molecular flexibility index (Phi) is 36.4. The fraction of sp³-hybridized carbons (Fsp3) is 0.930. The van der Waals surface area contributed by atoms with E-state index in [1.54, 1.807) is 0 Å². The molecule has 6 nitrogen and oxygen atoms in total. The molecule has 0 heterocycles. The first-order valence-electron chi connectivity index (χ1n) is 21.4. The number of rotatable bonds is 38. The molecule has 290 valence electrons. The summed E-state index contributed by atoms with van der Waals surface area (Å²) in [4.78, 5) is 37.4. The predicted octanol–water partition coefficient (Wildman–Crippen LogP) is 13.2. The summed E-state index contributed by atoms with van der Waals surface area (Å²) in [5.41, 5.74) is 0. The van der Waals surface area contributed by atoms with Crippen molar-refractivity contribution in [3.8, 4) is 0 Å². The Morgan fingerprint density at radius 2 is 0.714 bits per heavy atom. The zero-order valence-electron chi connectivity index (χ0n) is 33.1. The molecule has 0 aromatic heterocycles. The van der Waals surface area contributed by atoms with Crippen molar-refractivity contribution in [1.29, 1.82) is 0 Å². The third kappa shape index (κ3) is 36.0. The van der Waals surface area contributed by atoms with Crippen LogP contribution in [0.1, 0.15) is 233 Å². The molecule has 0 bridgehead atoms. The number of ether oxygens (including phenoxy) is 3. The van der Waals surface area contributed by atoms with Crippen LogP contribution in [0.2, 0.25) is 0 Å². The van der Waals surface area contributed by atoms with Crippen molar-refractivity contribution in [3.05, 3.63) is 0 Å². The maximum Gasteiger partial charge on any atom is 0.306 e. The molecule has 0 aromatic rings. The molecule has 0 spiro atoms. The molecule has 6 heteroatoms. The van der Waals surface area contributed by atoms with E-state index in [0.717, 1.165) is 70.1 Å². The van der Waals surface area contributed by atoms with E-state index in [-0.39, 0.29) is 31.1 Å². The van der Waals surface area contributed by atoms with Gasteiger partial charge in [0.05, 0.1) is 0 Å². The quantitative estimate of drug-likeness (QED) is 0.0364. The normalized spacial score (nSPS) is 12.5. The lowest BCUT2D eigenvalue weighted by molar-refractivity contribution is -0.167. The Bertz CT molecular complexity index is 738. The van der Waals surface area contributed by atoms with Gasteiger partial charge in [0.15, 0.2) is 6.10 Å². The van der Waals surface area contributed by atoms with Crippen molar-refractivity contribution in [1.82, 2.24) is 0 Å². The summed E-state index contributed by atoms with van der Waals surface area (Å²) in [6.07, 6.45) is 35.3. The van der Waals surface area contributed by atoms with Crippen molar-refractivity contribution in [2.24, 2.45) is 5.92 Å². The van der Waals surface area contributed by atoms with E-state index in [1.807, 2.05) is 0 Å². The first-order valence-corrected chi connectivity index (χ1v) is 21.4. The zero-order chi connectivity index (χ0) is 36.0. The van der Waals surface area contributed by atoms with E-state index >= 15 is 0 Å². The maximum atomic E-state index is 12.6. The lowest BCUT2D eigenvalue weighted by Gasteiger charge is -2.18. The Morgan fingerprint density at radius 3 is 1.06 bits per heavy atom. The lowest BCUT2D eigenvalue weighted by atomic mass is 9.99. The third-order valence-corrected chi connectivity index (χ3v) is 9.90. The lowest BCUT2D eigenvalue weighted by Crippen LogP contribution is -2.30. The molecule has 2 atom stereocenters. The van der Waals surface area contributed by atoms with Gasteiger partial charge < -0.3 is 14.2 Å². The minimum absolute atomic E-state index is 0.0653. The van der Waals surface area contributed by atoms with Gasteiger partial charge >= 0.3 is 17.9 Å². The number of carbonyl (C=O) groups excluding carboxylic acids is 3. The Morgan fingerprint density at radius 1 is 0.408 bits per heavy atom. The molecule has 0 aromatic carbocycles. The van der Waals surface area contributed by atoms with Crippen molar-refractivity contribution in [2.45, 2.75) is 239 Å². The summed E-state index contributed by atoms with van der Waals surface area (Å²) >= 11 is 0. The van der Waals surface area contributed by atoms with E-state index in [2.05, 4.69) is 27.7 Å². The average molecular weight is 695 g/mol. The molecule has 0 N–H and O–H groups in total. The van der Waals surface area contributed by atoms with Crippen LogP contribution in [0.25, 0.3) is 0 Å². The minimum Gasteiger partial charge on any atom is -0.462 e. The fourth-order valence-corrected chi connectivity index (χ4v) is 6.24. The molecule has 0 fully saturated rings. The van der Waals surface area contributed by atoms with Crippen LogP contribution in [0.5, 0.6) is 0 Å². The molecule has 0 aliphatic carbocycles. The van der Waals surface area contributed by atoms with Crippen LogP contribution in [0.4, 0.5) is 0 Å². The van der Waals surface area contributed by atoms with Gasteiger partial charge in [0.2, 0.25) is 0 Å². The number of esters is 3. The largest absolute Gasteiger partial charge is 0.462 e. The molecule has 0 rings (SSSR count). The van der Waals surface area contributed by atoms with E-state index in [9.17, 15) is 14.4 Å². The summed E-state index contributed by atoms with van der Waals surface area (Å²) in [6.45, 7) is 8.92. The Labute approximate surface area is 304 Å². The van der Waals surface area contributed by atoms with Crippen LogP contribution in [0.15, 0.2) is 0 Å². The van der Waals surface area contributed by atoms with Gasteiger partial charge in [-0.1, -0.05) is 195 Å². The summed E-state index contributed by atoms with van der Waals surface area (Å²) in [6, 6.07) is 0. The number of hydrogen-bond donors (Lipinski definition) is 0. The van der Waals surface area contributed by atoms with Crippen molar-refractivity contribution < 1.29 is 28.6 Å². The second kappa shape index (κ2) is 37.7. The highest BCUT2D eigenvalue weighted by Gasteiger charge is 2.19. The van der Waals surface area contributed by atoms with E-state index in [1.165, 1.54) is 122 Å². The van der Waals surface area contributed by atoms with Gasteiger partial charge in [-0.2, -0.15) is 0 Å². The molecule has 0 radical (unpaired) electrons. The highest BCUT2D eigenvalue weighted by molar-refractivity contribution is 5.71. The number of hydrogen-bond acceptors (Lipinski definition) is 6. The first kappa shape index (κ1) is 47.4. The topological polar surface area (TPSA) is 78.9 Å². The Balaban J connectivity index is 4.22. The van der Waals surface area contributed by atoms with Gasteiger partial charge in [-0.25, -0.2) is 0 Å². The highest BCUT2D eigenvalue weighted by atomic mass is 16.6. The summed E-state index contributed by atoms with van der Waals surface area (Å²) < 4.78 is 16.6. The van der Waals surface area contributed by atoms with E-state index in [4.69, 9.17) is 14.2 Å². The number of carbonyl (C=O) groups is 3. The van der Waals surface area contributed by atoms with Gasteiger partial charge in [-0.3, -0.25) is 14.4 Å². The monoisotopic (exact) mass is 695 g/mol. The molecule has 0 aliphatic heterocycles. The van der Waals surface area contributed by atoms with Crippen LogP contribution < -0.4 is 0 Å². The highest BCUT2D eigenvalue weighted by Crippen LogP contribution is 2.16. The molecule has 49 heavy (non-hydrogen) atoms. The minimum atomic E-state index is -0.757. The van der Waals surface area contributed by atoms with Gasteiger partial charge in [0.1, 0.15) is 13.2 Å². The van der Waals surface area contributed by atoms with Crippen LogP contribution in [-0.4, -0.2) is 37.2 Å². The first-order chi connectivity index (χ1) is 23.9. The second-order valence-corrected chi connectivity index (χ2v) is 14.9. The second-order valence-electron chi connectivity index (χ2n) is 14.9. The smallest absolute Gasteiger partial charge is 0.306 e. The van der Waals surface area contributed by atoms with Crippen LogP contribution in [0.3, 0.4) is 0 Å². The molecular weight excluding hydrogens is 612 g/mol. The zero-order valence-corrected chi connectivity index (χ0v) is 33.1. The van der Waals surface area contributed by atoms with Crippen molar-refractivity contribution in [3.63, 3.8) is 0 Å². The van der Waals surface area contributed by atoms with Gasteiger partial charge in [0, 0.05) is 19.3 Å². The summed E-state index contributed by atoms with van der Waals surface area (Å²) in [7, 11) is 0. The molecule has 0 amide bonds. The maximum absolute atomic E-state index is 12.6. The van der Waals surface area contributed by atoms with E-state index < -0.39 is 6.10 Å². The molecule has 0 aliphatic rings. The van der Waals surface area contributed by atoms with Crippen LogP contribution in [0, 0.1) is 5.92 Å². The SMILES string of the molecule is CCCCCCCCCCCCCCC(=O)O[C@H](COC(=O)CCCCCCC)COC(=O)CCCCCCCCCCCCC(C)CC. The number of unbranched alkanes of at least 4 members (excludes halogenated alkanes) is 24. The molecule has 0 saturated carbocycles. The summed E-state index contributed by atoms with van der Waals surface area (Å²) in [5.74, 6) is -0.00244. The van der Waals surface area contributed by atoms with Crippen LogP contribution in [-0.2, 0) is 28.6 Å². The molecule has 1 unspecified atom stereocenters. The van der Waals surface area contributed by atoms with Crippen molar-refractivity contribution in [2.75, 3.05) is 13.2 Å². The van der Waals surface area contributed by atoms with Crippen molar-refractivity contribution >= 4 is 17.9 Å². The fourth-order valence-electron chi connectivity index (χ4n) is 6.24. The van der Waals surface area contributed by atoms with Gasteiger partial charge in [-0.15, -0.1) is 0 Å². The standard InChI is InChI=1S/C43H82O6/c1-5-8-10-12-13-14-15-16-21-24-28-32-36-43(46)49-40(37-47-41(44)34-30-25-11-9-6-2)38-48-42(45)35-31-27-23-20-18-17-19-22-26-29-33-39(4)7-3/h39-40H,5-38H2,1-4H3/t39?,40-/m1/s1. The molecular formula is C43H82O6. The van der Waals surface area contributed by atoms with E-state index in [0.29, 0.717) is 19.3 Å². The predicted molar refractivity (Wildman–Crippen MR) is 206 cm³/mol. The van der Waals surface area contributed by atoms with Gasteiger partial charge in [0.25, 0.3) is 0 Å². The molecule has 0 saturated heterocycles. The van der Waals surface area contributed by atoms with Gasteiger partial charge in [-0.05, 0) is 25.2 Å². The Hall–Kier alpha value is -1.59. The third-order valence-electron chi connectivity index (χ3n) is 9.90. The average Bonchev–Trinajstić information content (AvgIpc) is 3.10.